The number of hydrogen-bond donors (Lipinski definition) is 1. The number of anilines is 1. The largest absolute Gasteiger partial charge is 0.375 e. The minimum atomic E-state index is -0.134. The number of hydrogen-bond acceptors (Lipinski definition) is 3. The summed E-state index contributed by atoms with van der Waals surface area (Å²) in [5, 5.41) is 3.39. The van der Waals surface area contributed by atoms with Gasteiger partial charge in [-0.2, -0.15) is 0 Å². The van der Waals surface area contributed by atoms with E-state index >= 15 is 0 Å². The number of halogens is 1. The van der Waals surface area contributed by atoms with Crippen molar-refractivity contribution >= 4 is 5.69 Å². The minimum absolute atomic E-state index is 0.134. The van der Waals surface area contributed by atoms with E-state index in [1.807, 2.05) is 13.0 Å². The van der Waals surface area contributed by atoms with E-state index in [0.717, 1.165) is 24.2 Å². The molecule has 1 aliphatic rings. The second-order valence-corrected chi connectivity index (χ2v) is 6.14. The Labute approximate surface area is 127 Å². The van der Waals surface area contributed by atoms with Gasteiger partial charge in [0.25, 0.3) is 0 Å². The monoisotopic (exact) mass is 294 g/mol. The second kappa shape index (κ2) is 7.23. The molecular weight excluding hydrogens is 267 g/mol. The zero-order valence-electron chi connectivity index (χ0n) is 13.5. The first-order valence-electron chi connectivity index (χ1n) is 7.92. The maximum Gasteiger partial charge on any atom is 0.146 e. The summed E-state index contributed by atoms with van der Waals surface area (Å²) < 4.78 is 20.2. The molecule has 1 heterocycles. The lowest BCUT2D eigenvalue weighted by Gasteiger charge is -2.41. The van der Waals surface area contributed by atoms with E-state index in [-0.39, 0.29) is 18.0 Å². The average Bonchev–Trinajstić information content (AvgIpc) is 2.45. The fourth-order valence-electron chi connectivity index (χ4n) is 2.79. The van der Waals surface area contributed by atoms with Crippen molar-refractivity contribution < 1.29 is 9.13 Å². The molecule has 0 amide bonds. The van der Waals surface area contributed by atoms with Gasteiger partial charge in [-0.15, -0.1) is 0 Å². The van der Waals surface area contributed by atoms with Crippen molar-refractivity contribution in [2.75, 3.05) is 18.1 Å². The number of rotatable bonds is 5. The Balaban J connectivity index is 2.31. The Morgan fingerprint density at radius 3 is 2.86 bits per heavy atom. The normalized spacial score (nSPS) is 22.9. The highest BCUT2D eigenvalue weighted by Crippen LogP contribution is 2.30. The molecule has 0 aliphatic carbocycles. The van der Waals surface area contributed by atoms with Crippen molar-refractivity contribution in [1.82, 2.24) is 5.32 Å². The van der Waals surface area contributed by atoms with Crippen LogP contribution < -0.4 is 10.2 Å². The van der Waals surface area contributed by atoms with Gasteiger partial charge in [0.15, 0.2) is 0 Å². The molecule has 2 rings (SSSR count). The number of benzene rings is 1. The molecular formula is C17H27FN2O. The molecule has 1 aromatic rings. The lowest BCUT2D eigenvalue weighted by atomic mass is 10.0. The van der Waals surface area contributed by atoms with Crippen molar-refractivity contribution in [2.24, 2.45) is 0 Å². The molecule has 1 aliphatic heterocycles. The third-order valence-electron chi connectivity index (χ3n) is 4.00. The molecule has 21 heavy (non-hydrogen) atoms. The molecule has 3 nitrogen and oxygen atoms in total. The van der Waals surface area contributed by atoms with Crippen LogP contribution in [0.1, 0.15) is 39.7 Å². The number of para-hydroxylation sites is 1. The summed E-state index contributed by atoms with van der Waals surface area (Å²) in [7, 11) is 0. The van der Waals surface area contributed by atoms with E-state index in [9.17, 15) is 4.39 Å². The summed E-state index contributed by atoms with van der Waals surface area (Å²) in [5.41, 5.74) is 1.77. The van der Waals surface area contributed by atoms with Gasteiger partial charge >= 0.3 is 0 Å². The molecule has 0 spiro atoms. The molecule has 118 valence electrons. The first-order valence-corrected chi connectivity index (χ1v) is 7.92. The highest BCUT2D eigenvalue weighted by Gasteiger charge is 2.29. The van der Waals surface area contributed by atoms with Crippen LogP contribution in [0.3, 0.4) is 0 Å². The molecule has 0 saturated carbocycles. The fraction of sp³-hybridized carbons (Fsp3) is 0.647. The Bertz CT molecular complexity index is 464. The van der Waals surface area contributed by atoms with Gasteiger partial charge < -0.3 is 15.0 Å². The van der Waals surface area contributed by atoms with Gasteiger partial charge in [-0.1, -0.05) is 32.9 Å². The summed E-state index contributed by atoms with van der Waals surface area (Å²) in [6.45, 7) is 10.5. The standard InChI is InChI=1S/C17H27FN2O/c1-5-15-11-21-13(4)10-20(15)17-14(9-19-12(2)3)7-6-8-16(17)18/h6-8,12-13,15,19H,5,9-11H2,1-4H3. The molecule has 0 radical (unpaired) electrons. The fourth-order valence-corrected chi connectivity index (χ4v) is 2.79. The number of morpholine rings is 1. The molecule has 1 fully saturated rings. The van der Waals surface area contributed by atoms with Crippen molar-refractivity contribution in [1.29, 1.82) is 0 Å². The van der Waals surface area contributed by atoms with Crippen LogP contribution in [0.2, 0.25) is 0 Å². The summed E-state index contributed by atoms with van der Waals surface area (Å²) in [6, 6.07) is 5.99. The van der Waals surface area contributed by atoms with Crippen LogP contribution in [0.25, 0.3) is 0 Å². The molecule has 2 unspecified atom stereocenters. The van der Waals surface area contributed by atoms with Crippen molar-refractivity contribution in [3.05, 3.63) is 29.6 Å². The van der Waals surface area contributed by atoms with Crippen LogP contribution in [0.15, 0.2) is 18.2 Å². The lowest BCUT2D eigenvalue weighted by Crippen LogP contribution is -2.49. The smallest absolute Gasteiger partial charge is 0.146 e. The van der Waals surface area contributed by atoms with E-state index in [1.165, 1.54) is 0 Å². The quantitative estimate of drug-likeness (QED) is 0.901. The van der Waals surface area contributed by atoms with E-state index in [2.05, 4.69) is 31.0 Å². The van der Waals surface area contributed by atoms with Crippen LogP contribution in [0, 0.1) is 5.82 Å². The number of ether oxygens (including phenoxy) is 1. The summed E-state index contributed by atoms with van der Waals surface area (Å²) >= 11 is 0. The summed E-state index contributed by atoms with van der Waals surface area (Å²) in [5.74, 6) is -0.134. The average molecular weight is 294 g/mol. The van der Waals surface area contributed by atoms with E-state index in [0.29, 0.717) is 19.2 Å². The highest BCUT2D eigenvalue weighted by molar-refractivity contribution is 5.56. The van der Waals surface area contributed by atoms with Gasteiger partial charge in [-0.25, -0.2) is 4.39 Å². The predicted molar refractivity (Wildman–Crippen MR) is 85.2 cm³/mol. The van der Waals surface area contributed by atoms with Gasteiger partial charge in [0, 0.05) is 19.1 Å². The predicted octanol–water partition coefficient (Wildman–Crippen LogP) is 3.33. The maximum atomic E-state index is 14.5. The zero-order chi connectivity index (χ0) is 15.4. The maximum absolute atomic E-state index is 14.5. The van der Waals surface area contributed by atoms with Gasteiger partial charge in [-0.3, -0.25) is 0 Å². The lowest BCUT2D eigenvalue weighted by molar-refractivity contribution is 0.0296. The molecule has 1 saturated heterocycles. The van der Waals surface area contributed by atoms with Gasteiger partial charge in [0.2, 0.25) is 0 Å². The van der Waals surface area contributed by atoms with E-state index < -0.39 is 0 Å². The van der Waals surface area contributed by atoms with Crippen molar-refractivity contribution in [3.8, 4) is 0 Å². The molecule has 0 aromatic heterocycles. The summed E-state index contributed by atoms with van der Waals surface area (Å²) in [4.78, 5) is 2.20. The zero-order valence-corrected chi connectivity index (χ0v) is 13.5. The number of nitrogens with zero attached hydrogens (tertiary/aromatic N) is 1. The topological polar surface area (TPSA) is 24.5 Å². The first kappa shape index (κ1) is 16.2. The van der Waals surface area contributed by atoms with Crippen LogP contribution in [0.5, 0.6) is 0 Å². The van der Waals surface area contributed by atoms with Crippen LogP contribution >= 0.6 is 0 Å². The van der Waals surface area contributed by atoms with Gasteiger partial charge in [-0.05, 0) is 25.0 Å². The Hall–Kier alpha value is -1.13. The molecule has 4 heteroatoms. The molecule has 1 N–H and O–H groups in total. The third-order valence-corrected chi connectivity index (χ3v) is 4.00. The van der Waals surface area contributed by atoms with Crippen LogP contribution in [-0.2, 0) is 11.3 Å². The Morgan fingerprint density at radius 1 is 1.43 bits per heavy atom. The van der Waals surface area contributed by atoms with Crippen LogP contribution in [0.4, 0.5) is 10.1 Å². The van der Waals surface area contributed by atoms with Gasteiger partial charge in [0.1, 0.15) is 5.82 Å². The van der Waals surface area contributed by atoms with E-state index in [1.54, 1.807) is 12.1 Å². The summed E-state index contributed by atoms with van der Waals surface area (Å²) in [6.07, 6.45) is 1.09. The molecule has 2 atom stereocenters. The first-order chi connectivity index (χ1) is 10.0. The Kier molecular flexibility index (Phi) is 5.59. The molecule has 0 bridgehead atoms. The SMILES string of the molecule is CCC1COC(C)CN1c1c(F)cccc1CNC(C)C. The molecule has 1 aromatic carbocycles. The number of nitrogens with one attached hydrogen (secondary N) is 1. The Morgan fingerprint density at radius 2 is 2.19 bits per heavy atom. The van der Waals surface area contributed by atoms with Crippen molar-refractivity contribution in [2.45, 2.75) is 58.8 Å². The van der Waals surface area contributed by atoms with Crippen molar-refractivity contribution in [3.63, 3.8) is 0 Å². The highest BCUT2D eigenvalue weighted by atomic mass is 19.1. The minimum Gasteiger partial charge on any atom is -0.375 e. The van der Waals surface area contributed by atoms with Crippen LogP contribution in [-0.4, -0.2) is 31.3 Å². The third kappa shape index (κ3) is 3.95. The van der Waals surface area contributed by atoms with E-state index in [4.69, 9.17) is 4.74 Å². The second-order valence-electron chi connectivity index (χ2n) is 6.14. The van der Waals surface area contributed by atoms with Gasteiger partial charge in [0.05, 0.1) is 24.4 Å².